The summed E-state index contributed by atoms with van der Waals surface area (Å²) < 4.78 is 11.1. The predicted octanol–water partition coefficient (Wildman–Crippen LogP) is 3.86. The Hall–Kier alpha value is -1.09. The number of hydrogen-bond donors (Lipinski definition) is 0. The Morgan fingerprint density at radius 2 is 2.24 bits per heavy atom. The molecule has 0 atom stereocenters. The standard InChI is InChI=1S/C14H20O2S/c1-4-12-8-6-9-13(14(12)15-3)16-10-7-11-17-5-2/h4,6,8-9H,1,5,7,10-11H2,2-3H3. The molecule has 1 rings (SSSR count). The molecule has 0 aromatic heterocycles. The molecule has 0 saturated carbocycles. The highest BCUT2D eigenvalue weighted by molar-refractivity contribution is 7.99. The first-order valence-corrected chi connectivity index (χ1v) is 6.99. The van der Waals surface area contributed by atoms with E-state index in [9.17, 15) is 0 Å². The molecular weight excluding hydrogens is 232 g/mol. The number of methoxy groups -OCH3 is 1. The number of ether oxygens (including phenoxy) is 2. The summed E-state index contributed by atoms with van der Waals surface area (Å²) in [5.41, 5.74) is 0.966. The van der Waals surface area contributed by atoms with Gasteiger partial charge in [0, 0.05) is 5.56 Å². The molecule has 3 heteroatoms. The van der Waals surface area contributed by atoms with E-state index < -0.39 is 0 Å². The van der Waals surface area contributed by atoms with Crippen LogP contribution in [0.4, 0.5) is 0 Å². The second kappa shape index (κ2) is 8.07. The van der Waals surface area contributed by atoms with Crippen LogP contribution in [0.3, 0.4) is 0 Å². The molecule has 2 nitrogen and oxygen atoms in total. The maximum Gasteiger partial charge on any atom is 0.167 e. The zero-order valence-electron chi connectivity index (χ0n) is 10.6. The van der Waals surface area contributed by atoms with Crippen molar-refractivity contribution < 1.29 is 9.47 Å². The molecule has 0 aliphatic heterocycles. The highest BCUT2D eigenvalue weighted by atomic mass is 32.2. The Balaban J connectivity index is 2.55. The van der Waals surface area contributed by atoms with E-state index in [1.807, 2.05) is 30.0 Å². The van der Waals surface area contributed by atoms with E-state index in [1.165, 1.54) is 0 Å². The lowest BCUT2D eigenvalue weighted by atomic mass is 10.2. The topological polar surface area (TPSA) is 18.5 Å². The van der Waals surface area contributed by atoms with Crippen LogP contribution in [0, 0.1) is 0 Å². The molecule has 0 saturated heterocycles. The highest BCUT2D eigenvalue weighted by Crippen LogP contribution is 2.31. The molecule has 0 bridgehead atoms. The van der Waals surface area contributed by atoms with Gasteiger partial charge in [0.25, 0.3) is 0 Å². The van der Waals surface area contributed by atoms with E-state index in [-0.39, 0.29) is 0 Å². The third-order valence-electron chi connectivity index (χ3n) is 2.33. The first-order chi connectivity index (χ1) is 8.33. The molecule has 94 valence electrons. The van der Waals surface area contributed by atoms with Gasteiger partial charge >= 0.3 is 0 Å². The van der Waals surface area contributed by atoms with E-state index in [0.717, 1.165) is 41.6 Å². The van der Waals surface area contributed by atoms with Gasteiger partial charge in [-0.3, -0.25) is 0 Å². The van der Waals surface area contributed by atoms with Gasteiger partial charge < -0.3 is 9.47 Å². The van der Waals surface area contributed by atoms with Crippen molar-refractivity contribution in [2.24, 2.45) is 0 Å². The number of rotatable bonds is 8. The van der Waals surface area contributed by atoms with Crippen LogP contribution < -0.4 is 9.47 Å². The summed E-state index contributed by atoms with van der Waals surface area (Å²) in [6.07, 6.45) is 2.83. The molecule has 0 fully saturated rings. The van der Waals surface area contributed by atoms with Gasteiger partial charge in [0.15, 0.2) is 11.5 Å². The van der Waals surface area contributed by atoms with Gasteiger partial charge in [0.2, 0.25) is 0 Å². The molecule has 0 aliphatic carbocycles. The minimum Gasteiger partial charge on any atom is -0.492 e. The molecule has 0 radical (unpaired) electrons. The molecule has 0 spiro atoms. The average molecular weight is 252 g/mol. The number of thioether (sulfide) groups is 1. The van der Waals surface area contributed by atoms with E-state index >= 15 is 0 Å². The molecular formula is C14H20O2S. The van der Waals surface area contributed by atoms with E-state index in [4.69, 9.17) is 9.47 Å². The molecule has 0 amide bonds. The summed E-state index contributed by atoms with van der Waals surface area (Å²) >= 11 is 1.93. The largest absolute Gasteiger partial charge is 0.492 e. The van der Waals surface area contributed by atoms with Gasteiger partial charge in [0.1, 0.15) is 0 Å². The SMILES string of the molecule is C=Cc1cccc(OCCCSCC)c1OC. The van der Waals surface area contributed by atoms with Crippen molar-refractivity contribution in [2.75, 3.05) is 25.2 Å². The zero-order valence-corrected chi connectivity index (χ0v) is 11.4. The lowest BCUT2D eigenvalue weighted by Crippen LogP contribution is -2.01. The highest BCUT2D eigenvalue weighted by Gasteiger charge is 2.07. The summed E-state index contributed by atoms with van der Waals surface area (Å²) in [6, 6.07) is 5.85. The Bertz CT molecular complexity index is 350. The van der Waals surface area contributed by atoms with Gasteiger partial charge in [0.05, 0.1) is 13.7 Å². The molecule has 1 aromatic rings. The quantitative estimate of drug-likeness (QED) is 0.655. The first-order valence-electron chi connectivity index (χ1n) is 5.83. The molecule has 0 N–H and O–H groups in total. The lowest BCUT2D eigenvalue weighted by Gasteiger charge is -2.12. The van der Waals surface area contributed by atoms with Gasteiger partial charge in [-0.05, 0) is 24.0 Å². The van der Waals surface area contributed by atoms with Crippen molar-refractivity contribution in [1.29, 1.82) is 0 Å². The summed E-state index contributed by atoms with van der Waals surface area (Å²) in [7, 11) is 1.65. The molecule has 1 aromatic carbocycles. The van der Waals surface area contributed by atoms with Crippen LogP contribution in [0.5, 0.6) is 11.5 Å². The van der Waals surface area contributed by atoms with Crippen LogP contribution >= 0.6 is 11.8 Å². The number of hydrogen-bond acceptors (Lipinski definition) is 3. The fourth-order valence-electron chi connectivity index (χ4n) is 1.51. The van der Waals surface area contributed by atoms with Gasteiger partial charge in [-0.25, -0.2) is 0 Å². The summed E-state index contributed by atoms with van der Waals surface area (Å²) in [4.78, 5) is 0. The summed E-state index contributed by atoms with van der Waals surface area (Å²) in [6.45, 7) is 6.66. The smallest absolute Gasteiger partial charge is 0.167 e. The summed E-state index contributed by atoms with van der Waals surface area (Å²) in [5.74, 6) is 3.87. The predicted molar refractivity (Wildman–Crippen MR) is 76.2 cm³/mol. The second-order valence-electron chi connectivity index (χ2n) is 3.48. The Kier molecular flexibility index (Phi) is 6.63. The van der Waals surface area contributed by atoms with Gasteiger partial charge in [-0.15, -0.1) is 0 Å². The van der Waals surface area contributed by atoms with Crippen LogP contribution in [0.25, 0.3) is 6.08 Å². The third-order valence-corrected chi connectivity index (χ3v) is 3.31. The Morgan fingerprint density at radius 3 is 2.88 bits per heavy atom. The van der Waals surface area contributed by atoms with E-state index in [1.54, 1.807) is 13.2 Å². The van der Waals surface area contributed by atoms with Crippen molar-refractivity contribution in [3.8, 4) is 11.5 Å². The maximum atomic E-state index is 5.73. The monoisotopic (exact) mass is 252 g/mol. The van der Waals surface area contributed by atoms with Crippen molar-refractivity contribution in [3.05, 3.63) is 30.3 Å². The minimum atomic E-state index is 0.726. The fourth-order valence-corrected chi connectivity index (χ4v) is 2.12. The molecule has 0 unspecified atom stereocenters. The van der Waals surface area contributed by atoms with Crippen molar-refractivity contribution in [2.45, 2.75) is 13.3 Å². The average Bonchev–Trinajstić information content (AvgIpc) is 2.38. The normalized spacial score (nSPS) is 10.0. The van der Waals surface area contributed by atoms with Crippen LogP contribution in [0.15, 0.2) is 24.8 Å². The van der Waals surface area contributed by atoms with Crippen molar-refractivity contribution in [3.63, 3.8) is 0 Å². The Labute approximate surface area is 108 Å². The Morgan fingerprint density at radius 1 is 1.41 bits per heavy atom. The molecule has 0 aliphatic rings. The number of benzene rings is 1. The van der Waals surface area contributed by atoms with Crippen LogP contribution in [-0.2, 0) is 0 Å². The van der Waals surface area contributed by atoms with Crippen molar-refractivity contribution in [1.82, 2.24) is 0 Å². The number of para-hydroxylation sites is 1. The summed E-state index contributed by atoms with van der Waals surface area (Å²) in [5, 5.41) is 0. The zero-order chi connectivity index (χ0) is 12.5. The van der Waals surface area contributed by atoms with Crippen LogP contribution in [0.1, 0.15) is 18.9 Å². The van der Waals surface area contributed by atoms with Crippen molar-refractivity contribution >= 4 is 17.8 Å². The third kappa shape index (κ3) is 4.35. The van der Waals surface area contributed by atoms with Crippen LogP contribution in [0.2, 0.25) is 0 Å². The lowest BCUT2D eigenvalue weighted by molar-refractivity contribution is 0.295. The van der Waals surface area contributed by atoms with Gasteiger partial charge in [-0.1, -0.05) is 31.7 Å². The molecule has 0 heterocycles. The minimum absolute atomic E-state index is 0.726. The van der Waals surface area contributed by atoms with E-state index in [2.05, 4.69) is 13.5 Å². The maximum absolute atomic E-state index is 5.73. The second-order valence-corrected chi connectivity index (χ2v) is 4.88. The fraction of sp³-hybridized carbons (Fsp3) is 0.429. The first kappa shape index (κ1) is 14.0. The van der Waals surface area contributed by atoms with E-state index in [0.29, 0.717) is 0 Å². The molecule has 17 heavy (non-hydrogen) atoms. The van der Waals surface area contributed by atoms with Gasteiger partial charge in [-0.2, -0.15) is 11.8 Å². The van der Waals surface area contributed by atoms with Crippen LogP contribution in [-0.4, -0.2) is 25.2 Å².